The smallest absolute Gasteiger partial charge is 0.240 e. The monoisotopic (exact) mass is 260 g/mol. The van der Waals surface area contributed by atoms with E-state index in [0.29, 0.717) is 6.42 Å². The summed E-state index contributed by atoms with van der Waals surface area (Å²) in [5.41, 5.74) is 7.31. The van der Waals surface area contributed by atoms with Crippen molar-refractivity contribution in [3.63, 3.8) is 0 Å². The van der Waals surface area contributed by atoms with Crippen LogP contribution in [-0.4, -0.2) is 17.9 Å². The SMILES string of the molecule is CCC(CC)C(=O)N1c2ccccc2CC1C(N)=O. The van der Waals surface area contributed by atoms with E-state index < -0.39 is 11.9 Å². The van der Waals surface area contributed by atoms with Gasteiger partial charge in [0.1, 0.15) is 6.04 Å². The number of carbonyl (C=O) groups excluding carboxylic acids is 2. The number of anilines is 1. The summed E-state index contributed by atoms with van der Waals surface area (Å²) in [6.07, 6.45) is 2.08. The highest BCUT2D eigenvalue weighted by Crippen LogP contribution is 2.33. The number of primary amides is 1. The van der Waals surface area contributed by atoms with Crippen molar-refractivity contribution in [2.24, 2.45) is 11.7 Å². The molecule has 1 aliphatic rings. The molecule has 2 N–H and O–H groups in total. The second-order valence-corrected chi connectivity index (χ2v) is 4.97. The fourth-order valence-electron chi connectivity index (χ4n) is 2.72. The fraction of sp³-hybridized carbons (Fsp3) is 0.467. The number of para-hydroxylation sites is 1. The Balaban J connectivity index is 2.39. The van der Waals surface area contributed by atoms with E-state index in [9.17, 15) is 9.59 Å². The van der Waals surface area contributed by atoms with Gasteiger partial charge in [-0.2, -0.15) is 0 Å². The van der Waals surface area contributed by atoms with Crippen molar-refractivity contribution < 1.29 is 9.59 Å². The summed E-state index contributed by atoms with van der Waals surface area (Å²) in [6, 6.07) is 7.10. The average molecular weight is 260 g/mol. The molecule has 1 aromatic carbocycles. The number of amides is 2. The molecular formula is C15H20N2O2. The third kappa shape index (κ3) is 2.35. The van der Waals surface area contributed by atoms with Crippen LogP contribution < -0.4 is 10.6 Å². The Morgan fingerprint density at radius 3 is 2.53 bits per heavy atom. The zero-order valence-electron chi connectivity index (χ0n) is 11.4. The van der Waals surface area contributed by atoms with Crippen LogP contribution in [-0.2, 0) is 16.0 Å². The van der Waals surface area contributed by atoms with Crippen LogP contribution in [0.4, 0.5) is 5.69 Å². The molecule has 0 aliphatic carbocycles. The lowest BCUT2D eigenvalue weighted by atomic mass is 10.0. The van der Waals surface area contributed by atoms with Crippen molar-refractivity contribution in [3.05, 3.63) is 29.8 Å². The minimum absolute atomic E-state index is 0.0127. The molecule has 0 aromatic heterocycles. The molecule has 1 atom stereocenters. The van der Waals surface area contributed by atoms with Crippen LogP contribution >= 0.6 is 0 Å². The van der Waals surface area contributed by atoms with Crippen molar-refractivity contribution in [3.8, 4) is 0 Å². The Labute approximate surface area is 113 Å². The first-order valence-electron chi connectivity index (χ1n) is 6.80. The van der Waals surface area contributed by atoms with Crippen molar-refractivity contribution in [2.45, 2.75) is 39.2 Å². The Bertz CT molecular complexity index is 495. The highest BCUT2D eigenvalue weighted by molar-refractivity contribution is 6.04. The molecule has 0 spiro atoms. The first-order valence-corrected chi connectivity index (χ1v) is 6.80. The first-order chi connectivity index (χ1) is 9.10. The molecule has 102 valence electrons. The van der Waals surface area contributed by atoms with Gasteiger partial charge in [-0.15, -0.1) is 0 Å². The topological polar surface area (TPSA) is 63.4 Å². The summed E-state index contributed by atoms with van der Waals surface area (Å²) in [4.78, 5) is 25.8. The summed E-state index contributed by atoms with van der Waals surface area (Å²) in [6.45, 7) is 3.99. The van der Waals surface area contributed by atoms with Gasteiger partial charge in [0.2, 0.25) is 11.8 Å². The van der Waals surface area contributed by atoms with E-state index >= 15 is 0 Å². The van der Waals surface area contributed by atoms with Crippen molar-refractivity contribution in [1.29, 1.82) is 0 Å². The Hall–Kier alpha value is -1.84. The zero-order valence-corrected chi connectivity index (χ0v) is 11.4. The average Bonchev–Trinajstić information content (AvgIpc) is 2.79. The van der Waals surface area contributed by atoms with Gasteiger partial charge in [-0.25, -0.2) is 0 Å². The molecule has 4 heteroatoms. The van der Waals surface area contributed by atoms with Crippen LogP contribution in [0, 0.1) is 5.92 Å². The molecule has 2 amide bonds. The summed E-state index contributed by atoms with van der Waals surface area (Å²) in [7, 11) is 0. The van der Waals surface area contributed by atoms with Gasteiger partial charge < -0.3 is 5.73 Å². The van der Waals surface area contributed by atoms with E-state index in [4.69, 9.17) is 5.73 Å². The van der Waals surface area contributed by atoms with Crippen molar-refractivity contribution in [2.75, 3.05) is 4.90 Å². The lowest BCUT2D eigenvalue weighted by molar-refractivity contribution is -0.126. The van der Waals surface area contributed by atoms with Crippen LogP contribution in [0.5, 0.6) is 0 Å². The molecule has 4 nitrogen and oxygen atoms in total. The maximum atomic E-state index is 12.6. The third-order valence-electron chi connectivity index (χ3n) is 3.88. The molecule has 0 saturated heterocycles. The molecule has 0 fully saturated rings. The molecule has 2 rings (SSSR count). The van der Waals surface area contributed by atoms with Crippen molar-refractivity contribution >= 4 is 17.5 Å². The second kappa shape index (κ2) is 5.43. The quantitative estimate of drug-likeness (QED) is 0.898. The van der Waals surface area contributed by atoms with Gasteiger partial charge in [0.05, 0.1) is 0 Å². The number of hydrogen-bond acceptors (Lipinski definition) is 2. The number of rotatable bonds is 4. The van der Waals surface area contributed by atoms with Gasteiger partial charge in [0, 0.05) is 18.0 Å². The maximum absolute atomic E-state index is 12.6. The number of benzene rings is 1. The van der Waals surface area contributed by atoms with Crippen LogP contribution in [0.2, 0.25) is 0 Å². The highest BCUT2D eigenvalue weighted by atomic mass is 16.2. The standard InChI is InChI=1S/C15H20N2O2/c1-3-10(4-2)15(19)17-12-8-6-5-7-11(12)9-13(17)14(16)18/h5-8,10,13H,3-4,9H2,1-2H3,(H2,16,18). The summed E-state index contributed by atoms with van der Waals surface area (Å²) >= 11 is 0. The van der Waals surface area contributed by atoms with Gasteiger partial charge in [0.15, 0.2) is 0 Å². The number of nitrogens with zero attached hydrogens (tertiary/aromatic N) is 1. The second-order valence-electron chi connectivity index (χ2n) is 4.97. The summed E-state index contributed by atoms with van der Waals surface area (Å²) < 4.78 is 0. The van der Waals surface area contributed by atoms with Crippen LogP contribution in [0.1, 0.15) is 32.3 Å². The molecule has 1 unspecified atom stereocenters. The zero-order chi connectivity index (χ0) is 14.0. The van der Waals surface area contributed by atoms with E-state index in [1.165, 1.54) is 0 Å². The molecule has 0 saturated carbocycles. The van der Waals surface area contributed by atoms with Gasteiger partial charge in [-0.05, 0) is 24.5 Å². The van der Waals surface area contributed by atoms with Gasteiger partial charge >= 0.3 is 0 Å². The Morgan fingerprint density at radius 1 is 1.32 bits per heavy atom. The predicted octanol–water partition coefficient (Wildman–Crippen LogP) is 1.87. The highest BCUT2D eigenvalue weighted by Gasteiger charge is 2.38. The van der Waals surface area contributed by atoms with Gasteiger partial charge in [-0.3, -0.25) is 14.5 Å². The Kier molecular flexibility index (Phi) is 3.88. The lowest BCUT2D eigenvalue weighted by Crippen LogP contribution is -2.48. The number of nitrogens with two attached hydrogens (primary N) is 1. The molecule has 1 aromatic rings. The van der Waals surface area contributed by atoms with Gasteiger partial charge in [-0.1, -0.05) is 32.0 Å². The normalized spacial score (nSPS) is 17.6. The van der Waals surface area contributed by atoms with Gasteiger partial charge in [0.25, 0.3) is 0 Å². The minimum Gasteiger partial charge on any atom is -0.368 e. The summed E-state index contributed by atoms with van der Waals surface area (Å²) in [5.74, 6) is -0.470. The number of fused-ring (bicyclic) bond motifs is 1. The van der Waals surface area contributed by atoms with E-state index in [0.717, 1.165) is 24.1 Å². The Morgan fingerprint density at radius 2 is 1.95 bits per heavy atom. The first kappa shape index (κ1) is 13.6. The van der Waals surface area contributed by atoms with E-state index in [1.54, 1.807) is 4.90 Å². The van der Waals surface area contributed by atoms with Crippen LogP contribution in [0.15, 0.2) is 24.3 Å². The molecule has 19 heavy (non-hydrogen) atoms. The van der Waals surface area contributed by atoms with E-state index in [2.05, 4.69) is 0 Å². The van der Waals surface area contributed by atoms with Crippen molar-refractivity contribution in [1.82, 2.24) is 0 Å². The number of carbonyl (C=O) groups is 2. The molecular weight excluding hydrogens is 240 g/mol. The summed E-state index contributed by atoms with van der Waals surface area (Å²) in [5, 5.41) is 0. The van der Waals surface area contributed by atoms with Crippen LogP contribution in [0.25, 0.3) is 0 Å². The fourth-order valence-corrected chi connectivity index (χ4v) is 2.72. The third-order valence-corrected chi connectivity index (χ3v) is 3.88. The number of hydrogen-bond donors (Lipinski definition) is 1. The van der Waals surface area contributed by atoms with E-state index in [-0.39, 0.29) is 11.8 Å². The molecule has 1 aliphatic heterocycles. The minimum atomic E-state index is -0.537. The van der Waals surface area contributed by atoms with Crippen LogP contribution in [0.3, 0.4) is 0 Å². The molecule has 0 radical (unpaired) electrons. The molecule has 0 bridgehead atoms. The maximum Gasteiger partial charge on any atom is 0.240 e. The molecule has 1 heterocycles. The largest absolute Gasteiger partial charge is 0.368 e. The van der Waals surface area contributed by atoms with E-state index in [1.807, 2.05) is 38.1 Å². The lowest BCUT2D eigenvalue weighted by Gasteiger charge is -2.27. The predicted molar refractivity (Wildman–Crippen MR) is 74.7 cm³/mol.